The lowest BCUT2D eigenvalue weighted by molar-refractivity contribution is -0.137. The molecule has 0 amide bonds. The van der Waals surface area contributed by atoms with Crippen LogP contribution < -0.4 is 4.31 Å². The van der Waals surface area contributed by atoms with Crippen molar-refractivity contribution in [3.05, 3.63) is 95.8 Å². The van der Waals surface area contributed by atoms with E-state index < -0.39 is 21.8 Å². The summed E-state index contributed by atoms with van der Waals surface area (Å²) in [4.78, 5) is 3.76. The van der Waals surface area contributed by atoms with Crippen LogP contribution in [0.3, 0.4) is 0 Å². The van der Waals surface area contributed by atoms with Crippen LogP contribution in [0, 0.1) is 6.54 Å². The monoisotopic (exact) mass is 425 g/mol. The highest BCUT2D eigenvalue weighted by Crippen LogP contribution is 2.38. The first kappa shape index (κ1) is 20.2. The van der Waals surface area contributed by atoms with Gasteiger partial charge in [-0.3, -0.25) is 9.29 Å². The van der Waals surface area contributed by atoms with Gasteiger partial charge < -0.3 is 0 Å². The quantitative estimate of drug-likeness (QED) is 0.567. The average Bonchev–Trinajstić information content (AvgIpc) is 2.67. The van der Waals surface area contributed by atoms with Gasteiger partial charge in [-0.1, -0.05) is 29.8 Å². The summed E-state index contributed by atoms with van der Waals surface area (Å²) in [6.45, 7) is 1.20. The van der Waals surface area contributed by atoms with E-state index in [1.165, 1.54) is 55.3 Å². The summed E-state index contributed by atoms with van der Waals surface area (Å²) < 4.78 is 66.7. The fourth-order valence-corrected chi connectivity index (χ4v) is 4.07. The second kappa shape index (κ2) is 7.81. The average molecular weight is 426 g/mol. The molecule has 2 aromatic carbocycles. The Morgan fingerprint density at radius 3 is 2.21 bits per heavy atom. The maximum atomic E-state index is 13.2. The number of rotatable bonds is 5. The lowest BCUT2D eigenvalue weighted by atomic mass is 10.2. The lowest BCUT2D eigenvalue weighted by Gasteiger charge is -2.26. The van der Waals surface area contributed by atoms with Gasteiger partial charge in [0.05, 0.1) is 27.7 Å². The molecule has 0 atom stereocenters. The molecule has 0 spiro atoms. The van der Waals surface area contributed by atoms with Crippen LogP contribution in [0.5, 0.6) is 0 Å². The van der Waals surface area contributed by atoms with Gasteiger partial charge in [0.15, 0.2) is 0 Å². The summed E-state index contributed by atoms with van der Waals surface area (Å²) in [5.41, 5.74) is -0.900. The van der Waals surface area contributed by atoms with Crippen LogP contribution >= 0.6 is 11.6 Å². The van der Waals surface area contributed by atoms with Gasteiger partial charge in [0.1, 0.15) is 0 Å². The second-order valence-electron chi connectivity index (χ2n) is 5.69. The molecule has 0 bridgehead atoms. The molecular weight excluding hydrogens is 413 g/mol. The molecule has 0 aliphatic rings. The zero-order chi connectivity index (χ0) is 20.4. The predicted octanol–water partition coefficient (Wildman–Crippen LogP) is 5.16. The first-order valence-corrected chi connectivity index (χ1v) is 9.72. The van der Waals surface area contributed by atoms with Crippen LogP contribution in [0.15, 0.2) is 78.0 Å². The molecule has 0 aliphatic carbocycles. The number of halogens is 4. The third-order valence-electron chi connectivity index (χ3n) is 3.78. The fraction of sp³-hybridized carbons (Fsp3) is 0.0526. The molecule has 145 valence electrons. The van der Waals surface area contributed by atoms with Crippen molar-refractivity contribution >= 4 is 27.3 Å². The molecule has 0 fully saturated rings. The van der Waals surface area contributed by atoms with Crippen molar-refractivity contribution < 1.29 is 21.6 Å². The smallest absolute Gasteiger partial charge is 0.265 e. The van der Waals surface area contributed by atoms with Crippen LogP contribution in [-0.2, 0) is 16.2 Å². The highest BCUT2D eigenvalue weighted by molar-refractivity contribution is 7.93. The van der Waals surface area contributed by atoms with Crippen LogP contribution in [0.1, 0.15) is 11.1 Å². The molecule has 1 heterocycles. The van der Waals surface area contributed by atoms with Crippen molar-refractivity contribution in [2.24, 2.45) is 0 Å². The van der Waals surface area contributed by atoms with Crippen LogP contribution in [0.2, 0.25) is 5.02 Å². The Morgan fingerprint density at radius 2 is 1.61 bits per heavy atom. The maximum absolute atomic E-state index is 13.2. The molecule has 28 heavy (non-hydrogen) atoms. The molecule has 0 N–H and O–H groups in total. The second-order valence-corrected chi connectivity index (χ2v) is 7.91. The number of sulfonamides is 1. The fourth-order valence-electron chi connectivity index (χ4n) is 2.42. The third-order valence-corrected chi connectivity index (χ3v) is 5.79. The van der Waals surface area contributed by atoms with Crippen molar-refractivity contribution in [2.75, 3.05) is 4.31 Å². The highest BCUT2D eigenvalue weighted by atomic mass is 35.5. The summed E-state index contributed by atoms with van der Waals surface area (Å²) in [5.74, 6) is 0. The van der Waals surface area contributed by atoms with Gasteiger partial charge in [0.2, 0.25) is 0 Å². The summed E-state index contributed by atoms with van der Waals surface area (Å²) in [5, 5.41) is -0.141. The predicted molar refractivity (Wildman–Crippen MR) is 100 cm³/mol. The van der Waals surface area contributed by atoms with Gasteiger partial charge in [0.25, 0.3) is 10.0 Å². The minimum absolute atomic E-state index is 0.0891. The summed E-state index contributed by atoms with van der Waals surface area (Å²) in [7, 11) is -4.23. The molecular formula is C19H13ClF3N2O2S. The van der Waals surface area contributed by atoms with E-state index >= 15 is 0 Å². The Labute approximate surface area is 165 Å². The molecule has 1 aromatic heterocycles. The van der Waals surface area contributed by atoms with Crippen molar-refractivity contribution in [3.63, 3.8) is 0 Å². The molecule has 3 aromatic rings. The number of anilines is 1. The van der Waals surface area contributed by atoms with Crippen molar-refractivity contribution in [1.82, 2.24) is 4.98 Å². The zero-order valence-corrected chi connectivity index (χ0v) is 15.7. The number of aromatic nitrogens is 1. The van der Waals surface area contributed by atoms with Crippen LogP contribution in [-0.4, -0.2) is 13.4 Å². The molecule has 0 aliphatic heterocycles. The van der Waals surface area contributed by atoms with Gasteiger partial charge >= 0.3 is 6.18 Å². The van der Waals surface area contributed by atoms with Gasteiger partial charge in [-0.15, -0.1) is 0 Å². The van der Waals surface area contributed by atoms with E-state index in [0.29, 0.717) is 11.6 Å². The molecule has 4 nitrogen and oxygen atoms in total. The lowest BCUT2D eigenvalue weighted by Crippen LogP contribution is -2.29. The molecule has 0 saturated heterocycles. The number of hydrogen-bond acceptors (Lipinski definition) is 3. The van der Waals surface area contributed by atoms with E-state index in [1.807, 2.05) is 0 Å². The SMILES string of the molecule is O=S(=O)(c1ccccc1)N([CH]c1ccncc1)c1cc(C(F)(F)F)ccc1Cl. The maximum Gasteiger partial charge on any atom is 0.416 e. The van der Waals surface area contributed by atoms with Crippen molar-refractivity contribution in [3.8, 4) is 0 Å². The Bertz CT molecular complexity index is 1060. The standard InChI is InChI=1S/C19H13ClF3N2O2S/c20-17-7-6-15(19(21,22)23)12-18(17)25(13-14-8-10-24-11-9-14)28(26,27)16-4-2-1-3-5-16/h1-13H. The Hall–Kier alpha value is -2.58. The van der Waals surface area contributed by atoms with Crippen molar-refractivity contribution in [1.29, 1.82) is 0 Å². The van der Waals surface area contributed by atoms with Gasteiger partial charge in [-0.2, -0.15) is 13.2 Å². The van der Waals surface area contributed by atoms with Gasteiger partial charge in [-0.05, 0) is 48.0 Å². The summed E-state index contributed by atoms with van der Waals surface area (Å²) in [6.07, 6.45) is -1.78. The van der Waals surface area contributed by atoms with Crippen LogP contribution in [0.4, 0.5) is 18.9 Å². The Kier molecular flexibility index (Phi) is 5.62. The summed E-state index contributed by atoms with van der Waals surface area (Å²) in [6, 6.07) is 12.9. The molecule has 0 unspecified atom stereocenters. The Morgan fingerprint density at radius 1 is 0.964 bits per heavy atom. The van der Waals surface area contributed by atoms with Crippen LogP contribution in [0.25, 0.3) is 0 Å². The first-order chi connectivity index (χ1) is 13.2. The highest BCUT2D eigenvalue weighted by Gasteiger charge is 2.34. The van der Waals surface area contributed by atoms with Gasteiger partial charge in [0, 0.05) is 12.4 Å². The largest absolute Gasteiger partial charge is 0.416 e. The number of hydrogen-bond donors (Lipinski definition) is 0. The van der Waals surface area contributed by atoms with E-state index in [1.54, 1.807) is 6.07 Å². The number of benzene rings is 2. The van der Waals surface area contributed by atoms with E-state index in [9.17, 15) is 21.6 Å². The van der Waals surface area contributed by atoms with Crippen molar-refractivity contribution in [2.45, 2.75) is 11.1 Å². The first-order valence-electron chi connectivity index (χ1n) is 7.91. The number of pyridine rings is 1. The normalized spacial score (nSPS) is 12.0. The zero-order valence-electron chi connectivity index (χ0n) is 14.1. The Balaban J connectivity index is 2.17. The minimum Gasteiger partial charge on any atom is -0.265 e. The topological polar surface area (TPSA) is 50.3 Å². The molecule has 9 heteroatoms. The van der Waals surface area contributed by atoms with Gasteiger partial charge in [-0.25, -0.2) is 8.42 Å². The van der Waals surface area contributed by atoms with E-state index in [4.69, 9.17) is 11.6 Å². The van der Waals surface area contributed by atoms with E-state index in [2.05, 4.69) is 4.98 Å². The van der Waals surface area contributed by atoms with E-state index in [0.717, 1.165) is 16.4 Å². The number of nitrogens with zero attached hydrogens (tertiary/aromatic N) is 2. The third kappa shape index (κ3) is 4.28. The number of alkyl halides is 3. The summed E-state index contributed by atoms with van der Waals surface area (Å²) >= 11 is 6.09. The minimum atomic E-state index is -4.65. The van der Waals surface area contributed by atoms with E-state index in [-0.39, 0.29) is 15.6 Å². The molecule has 3 rings (SSSR count). The molecule has 1 radical (unpaired) electrons. The molecule has 0 saturated carbocycles.